The number of nitrogens with one attached hydrogen (secondary N) is 1. The molecule has 1 N–H and O–H groups in total. The van der Waals surface area contributed by atoms with Crippen LogP contribution in [-0.4, -0.2) is 54.6 Å². The molecule has 36 heavy (non-hydrogen) atoms. The van der Waals surface area contributed by atoms with Gasteiger partial charge in [-0.2, -0.15) is 0 Å². The van der Waals surface area contributed by atoms with Gasteiger partial charge in [0.2, 0.25) is 0 Å². The number of hydrogen-bond acceptors (Lipinski definition) is 4. The molecule has 1 aromatic carbocycles. The average molecular weight is 509 g/mol. The lowest BCUT2D eigenvalue weighted by atomic mass is 9.82. The molecule has 3 fully saturated rings. The van der Waals surface area contributed by atoms with Crippen molar-refractivity contribution in [1.82, 2.24) is 15.2 Å². The zero-order valence-electron chi connectivity index (χ0n) is 21.5. The second kappa shape index (κ2) is 12.4. The smallest absolute Gasteiger partial charge is 0.269 e. The van der Waals surface area contributed by atoms with Gasteiger partial charge in [-0.05, 0) is 99.5 Å². The SMILES string of the molecule is O=C(NCC1CC1)c1cccc(N2CCCN(C3CCC(CCCc4cccc(Cl)c4)CC3)CC2)n1. The van der Waals surface area contributed by atoms with Gasteiger partial charge in [-0.15, -0.1) is 0 Å². The number of halogens is 1. The van der Waals surface area contributed by atoms with Gasteiger partial charge in [0.15, 0.2) is 0 Å². The van der Waals surface area contributed by atoms with E-state index in [1.54, 1.807) is 0 Å². The number of nitrogens with zero attached hydrogens (tertiary/aromatic N) is 3. The summed E-state index contributed by atoms with van der Waals surface area (Å²) in [6, 6.07) is 14.9. The van der Waals surface area contributed by atoms with Crippen molar-refractivity contribution in [1.29, 1.82) is 0 Å². The van der Waals surface area contributed by atoms with Crippen LogP contribution in [-0.2, 0) is 6.42 Å². The predicted molar refractivity (Wildman–Crippen MR) is 148 cm³/mol. The molecule has 5 rings (SSSR count). The maximum atomic E-state index is 12.5. The quantitative estimate of drug-likeness (QED) is 0.453. The Morgan fingerprint density at radius 2 is 1.75 bits per heavy atom. The van der Waals surface area contributed by atoms with Gasteiger partial charge >= 0.3 is 0 Å². The van der Waals surface area contributed by atoms with Crippen molar-refractivity contribution in [2.75, 3.05) is 37.6 Å². The van der Waals surface area contributed by atoms with E-state index < -0.39 is 0 Å². The van der Waals surface area contributed by atoms with Gasteiger partial charge in [0.25, 0.3) is 5.91 Å². The van der Waals surface area contributed by atoms with E-state index in [0.29, 0.717) is 11.6 Å². The van der Waals surface area contributed by atoms with Crippen molar-refractivity contribution >= 4 is 23.3 Å². The van der Waals surface area contributed by atoms with E-state index in [1.807, 2.05) is 18.2 Å². The lowest BCUT2D eigenvalue weighted by Crippen LogP contribution is -2.40. The lowest BCUT2D eigenvalue weighted by molar-refractivity contribution is 0.0947. The Morgan fingerprint density at radius 3 is 2.56 bits per heavy atom. The lowest BCUT2D eigenvalue weighted by Gasteiger charge is -2.36. The van der Waals surface area contributed by atoms with Crippen molar-refractivity contribution in [3.63, 3.8) is 0 Å². The third kappa shape index (κ3) is 7.23. The van der Waals surface area contributed by atoms with Crippen LogP contribution < -0.4 is 10.2 Å². The van der Waals surface area contributed by atoms with E-state index in [9.17, 15) is 4.79 Å². The molecule has 2 heterocycles. The van der Waals surface area contributed by atoms with E-state index in [0.717, 1.165) is 61.8 Å². The topological polar surface area (TPSA) is 48.5 Å². The van der Waals surface area contributed by atoms with Crippen molar-refractivity contribution < 1.29 is 4.79 Å². The normalized spacial score (nSPS) is 23.3. The van der Waals surface area contributed by atoms with E-state index in [1.165, 1.54) is 63.5 Å². The molecule has 2 aliphatic carbocycles. The molecule has 0 bridgehead atoms. The van der Waals surface area contributed by atoms with Crippen molar-refractivity contribution in [3.8, 4) is 0 Å². The Hall–Kier alpha value is -2.11. The van der Waals surface area contributed by atoms with Crippen molar-refractivity contribution in [2.24, 2.45) is 11.8 Å². The van der Waals surface area contributed by atoms with Gasteiger partial charge in [-0.3, -0.25) is 9.69 Å². The average Bonchev–Trinajstić information content (AvgIpc) is 3.75. The molecule has 0 unspecified atom stereocenters. The summed E-state index contributed by atoms with van der Waals surface area (Å²) in [6.45, 7) is 5.04. The first-order valence-electron chi connectivity index (χ1n) is 14.1. The van der Waals surface area contributed by atoms with Crippen LogP contribution in [0.3, 0.4) is 0 Å². The third-order valence-electron chi connectivity index (χ3n) is 8.37. The number of aryl methyl sites for hydroxylation is 1. The largest absolute Gasteiger partial charge is 0.355 e. The number of carbonyl (C=O) groups excluding carboxylic acids is 1. The Morgan fingerprint density at radius 1 is 0.944 bits per heavy atom. The molecule has 0 spiro atoms. The summed E-state index contributed by atoms with van der Waals surface area (Å²) in [5, 5.41) is 3.90. The highest BCUT2D eigenvalue weighted by atomic mass is 35.5. The molecule has 0 atom stereocenters. The standard InChI is InChI=1S/C30H41ClN4O/c31-26-8-2-7-24(21-26)6-1-5-23-13-15-27(16-14-23)34-17-4-18-35(20-19-34)29-10-3-9-28(33-29)30(36)32-22-25-11-12-25/h2-3,7-10,21,23,25,27H,1,4-6,11-20,22H2,(H,32,36). The van der Waals surface area contributed by atoms with Crippen molar-refractivity contribution in [3.05, 3.63) is 58.7 Å². The molecule has 1 aliphatic heterocycles. The Balaban J connectivity index is 1.05. The second-order valence-corrected chi connectivity index (χ2v) is 11.5. The first-order chi connectivity index (χ1) is 17.6. The zero-order chi connectivity index (χ0) is 24.7. The minimum Gasteiger partial charge on any atom is -0.355 e. The molecule has 2 aromatic rings. The first kappa shape index (κ1) is 25.5. The highest BCUT2D eigenvalue weighted by Crippen LogP contribution is 2.32. The molecule has 3 aliphatic rings. The fourth-order valence-electron chi connectivity index (χ4n) is 5.99. The van der Waals surface area contributed by atoms with Crippen LogP contribution in [0.5, 0.6) is 0 Å². The van der Waals surface area contributed by atoms with Gasteiger partial charge in [0.1, 0.15) is 11.5 Å². The summed E-state index contributed by atoms with van der Waals surface area (Å²) in [5.41, 5.74) is 1.91. The Bertz CT molecular complexity index is 1000. The van der Waals surface area contributed by atoms with E-state index in [-0.39, 0.29) is 5.91 Å². The number of aromatic nitrogens is 1. The summed E-state index contributed by atoms with van der Waals surface area (Å²) < 4.78 is 0. The summed E-state index contributed by atoms with van der Waals surface area (Å²) in [6.07, 6.45) is 12.8. The summed E-state index contributed by atoms with van der Waals surface area (Å²) >= 11 is 6.13. The summed E-state index contributed by atoms with van der Waals surface area (Å²) in [5.74, 6) is 2.46. The molecule has 194 valence electrons. The summed E-state index contributed by atoms with van der Waals surface area (Å²) in [7, 11) is 0. The minimum absolute atomic E-state index is 0.0375. The molecular formula is C30H41ClN4O. The highest BCUT2D eigenvalue weighted by Gasteiger charge is 2.28. The molecule has 2 saturated carbocycles. The number of benzene rings is 1. The maximum Gasteiger partial charge on any atom is 0.269 e. The van der Waals surface area contributed by atoms with E-state index in [2.05, 4.69) is 39.4 Å². The van der Waals surface area contributed by atoms with Crippen LogP contribution in [0.25, 0.3) is 0 Å². The Labute approximate surface area is 221 Å². The van der Waals surface area contributed by atoms with Gasteiger partial charge in [-0.25, -0.2) is 4.98 Å². The van der Waals surface area contributed by atoms with Crippen LogP contribution in [0.1, 0.15) is 73.8 Å². The number of rotatable bonds is 9. The number of pyridine rings is 1. The molecule has 1 saturated heterocycles. The number of anilines is 1. The van der Waals surface area contributed by atoms with Crippen LogP contribution in [0.2, 0.25) is 5.02 Å². The predicted octanol–water partition coefficient (Wildman–Crippen LogP) is 5.97. The number of hydrogen-bond donors (Lipinski definition) is 1. The van der Waals surface area contributed by atoms with Gasteiger partial charge in [0.05, 0.1) is 0 Å². The van der Waals surface area contributed by atoms with E-state index >= 15 is 0 Å². The molecule has 6 heteroatoms. The van der Waals surface area contributed by atoms with Gasteiger partial charge < -0.3 is 10.2 Å². The molecule has 5 nitrogen and oxygen atoms in total. The molecule has 1 aromatic heterocycles. The highest BCUT2D eigenvalue weighted by molar-refractivity contribution is 6.30. The van der Waals surface area contributed by atoms with Gasteiger partial charge in [0, 0.05) is 43.8 Å². The second-order valence-electron chi connectivity index (χ2n) is 11.1. The van der Waals surface area contributed by atoms with Crippen LogP contribution in [0, 0.1) is 11.8 Å². The first-order valence-corrected chi connectivity index (χ1v) is 14.5. The minimum atomic E-state index is -0.0375. The number of carbonyl (C=O) groups is 1. The molecule has 1 amide bonds. The monoisotopic (exact) mass is 508 g/mol. The van der Waals surface area contributed by atoms with Gasteiger partial charge in [-0.1, -0.05) is 36.2 Å². The van der Waals surface area contributed by atoms with Crippen LogP contribution in [0.15, 0.2) is 42.5 Å². The molecule has 0 radical (unpaired) electrons. The fourth-order valence-corrected chi connectivity index (χ4v) is 6.21. The van der Waals surface area contributed by atoms with Crippen LogP contribution >= 0.6 is 11.6 Å². The maximum absolute atomic E-state index is 12.5. The van der Waals surface area contributed by atoms with Crippen molar-refractivity contribution in [2.45, 2.75) is 70.3 Å². The van der Waals surface area contributed by atoms with E-state index in [4.69, 9.17) is 16.6 Å². The van der Waals surface area contributed by atoms with Crippen LogP contribution in [0.4, 0.5) is 5.82 Å². The third-order valence-corrected chi connectivity index (χ3v) is 8.60. The molecular weight excluding hydrogens is 468 g/mol. The Kier molecular flexibility index (Phi) is 8.81. The fraction of sp³-hybridized carbons (Fsp3) is 0.600. The summed E-state index contributed by atoms with van der Waals surface area (Å²) in [4.78, 5) is 22.3. The zero-order valence-corrected chi connectivity index (χ0v) is 22.3. The number of amides is 1.